The van der Waals surface area contributed by atoms with Gasteiger partial charge in [-0.15, -0.1) is 5.10 Å². The molecule has 1 N–H and O–H groups in total. The molecule has 2 heterocycles. The van der Waals surface area contributed by atoms with Gasteiger partial charge in [0, 0.05) is 11.3 Å². The molecule has 4 aromatic rings. The number of amides is 1. The number of alkyl halides is 3. The van der Waals surface area contributed by atoms with E-state index >= 15 is 0 Å². The summed E-state index contributed by atoms with van der Waals surface area (Å²) in [7, 11) is 0. The first kappa shape index (κ1) is 20.5. The van der Waals surface area contributed by atoms with E-state index in [1.807, 2.05) is 13.0 Å². The molecule has 0 bridgehead atoms. The van der Waals surface area contributed by atoms with Gasteiger partial charge in [-0.25, -0.2) is 9.37 Å². The molecule has 0 aliphatic heterocycles. The second-order valence-electron chi connectivity index (χ2n) is 6.69. The van der Waals surface area contributed by atoms with E-state index in [2.05, 4.69) is 20.4 Å². The van der Waals surface area contributed by atoms with Crippen LogP contribution in [0.3, 0.4) is 0 Å². The number of aryl methyl sites for hydroxylation is 1. The highest BCUT2D eigenvalue weighted by molar-refractivity contribution is 6.01. The number of anilines is 1. The second-order valence-corrected chi connectivity index (χ2v) is 6.69. The lowest BCUT2D eigenvalue weighted by Gasteiger charge is -2.10. The van der Waals surface area contributed by atoms with E-state index in [1.165, 1.54) is 12.1 Å². The molecule has 2 aromatic carbocycles. The Hall–Kier alpha value is -3.82. The number of fused-ring (bicyclic) bond motifs is 1. The molecular weight excluding hydrogens is 414 g/mol. The maximum Gasteiger partial charge on any atom is 0.433 e. The van der Waals surface area contributed by atoms with E-state index in [0.717, 1.165) is 30.2 Å². The predicted octanol–water partition coefficient (Wildman–Crippen LogP) is 4.76. The standard InChI is InChI=1S/C21H15F4N5O/c1-2-12-4-3-5-15(10-12)26-19(31)18-28-20-27-16(13-6-8-14(22)9-7-13)11-17(21(23,24)25)30(20)29-18/h3-11H,2H2,1H3,(H,26,31). The van der Waals surface area contributed by atoms with Gasteiger partial charge in [0.1, 0.15) is 5.82 Å². The number of carbonyl (C=O) groups excluding carboxylic acids is 1. The Morgan fingerprint density at radius 3 is 2.48 bits per heavy atom. The Labute approximate surface area is 173 Å². The zero-order valence-electron chi connectivity index (χ0n) is 16.1. The van der Waals surface area contributed by atoms with Crippen LogP contribution in [0.25, 0.3) is 17.0 Å². The van der Waals surface area contributed by atoms with Crippen molar-refractivity contribution >= 4 is 17.4 Å². The van der Waals surface area contributed by atoms with Gasteiger partial charge in [-0.2, -0.15) is 22.7 Å². The number of aromatic nitrogens is 4. The first-order valence-corrected chi connectivity index (χ1v) is 9.26. The third kappa shape index (κ3) is 4.23. The summed E-state index contributed by atoms with van der Waals surface area (Å²) in [6, 6.07) is 12.7. The van der Waals surface area contributed by atoms with Crippen molar-refractivity contribution < 1.29 is 22.4 Å². The minimum absolute atomic E-state index is 0.0742. The lowest BCUT2D eigenvalue weighted by molar-refractivity contribution is -0.142. The number of nitrogens with zero attached hydrogens (tertiary/aromatic N) is 4. The van der Waals surface area contributed by atoms with Crippen LogP contribution in [0.1, 0.15) is 28.8 Å². The Kier molecular flexibility index (Phi) is 5.14. The van der Waals surface area contributed by atoms with Crippen LogP contribution in [0.15, 0.2) is 54.6 Å². The third-order valence-electron chi connectivity index (χ3n) is 4.54. The maximum atomic E-state index is 13.6. The molecule has 0 unspecified atom stereocenters. The van der Waals surface area contributed by atoms with Gasteiger partial charge >= 0.3 is 6.18 Å². The predicted molar refractivity (Wildman–Crippen MR) is 105 cm³/mol. The van der Waals surface area contributed by atoms with E-state index in [4.69, 9.17) is 0 Å². The number of hydrogen-bond donors (Lipinski definition) is 1. The van der Waals surface area contributed by atoms with Crippen LogP contribution in [0.5, 0.6) is 0 Å². The molecule has 0 atom stereocenters. The molecule has 0 aliphatic carbocycles. The van der Waals surface area contributed by atoms with Crippen LogP contribution in [0.4, 0.5) is 23.2 Å². The second kappa shape index (κ2) is 7.78. The number of nitrogens with one attached hydrogen (secondary N) is 1. The maximum absolute atomic E-state index is 13.6. The van der Waals surface area contributed by atoms with Gasteiger partial charge in [0.25, 0.3) is 11.7 Å². The largest absolute Gasteiger partial charge is 0.433 e. The molecular formula is C21H15F4N5O. The van der Waals surface area contributed by atoms with Gasteiger partial charge in [0.2, 0.25) is 5.82 Å². The highest BCUT2D eigenvalue weighted by atomic mass is 19.4. The molecule has 0 spiro atoms. The van der Waals surface area contributed by atoms with Gasteiger partial charge in [-0.1, -0.05) is 19.1 Å². The molecule has 6 nitrogen and oxygen atoms in total. The van der Waals surface area contributed by atoms with Crippen LogP contribution >= 0.6 is 0 Å². The van der Waals surface area contributed by atoms with E-state index < -0.39 is 35.2 Å². The smallest absolute Gasteiger partial charge is 0.319 e. The van der Waals surface area contributed by atoms with Crippen LogP contribution in [-0.2, 0) is 12.6 Å². The van der Waals surface area contributed by atoms with Crippen molar-refractivity contribution in [2.24, 2.45) is 0 Å². The first-order valence-electron chi connectivity index (χ1n) is 9.26. The van der Waals surface area contributed by atoms with Crippen molar-refractivity contribution in [3.05, 3.63) is 77.5 Å². The minimum atomic E-state index is -4.78. The number of hydrogen-bond acceptors (Lipinski definition) is 4. The molecule has 10 heteroatoms. The summed E-state index contributed by atoms with van der Waals surface area (Å²) in [4.78, 5) is 20.5. The van der Waals surface area contributed by atoms with Gasteiger partial charge in [0.15, 0.2) is 5.69 Å². The number of benzene rings is 2. The molecule has 0 aliphatic rings. The zero-order chi connectivity index (χ0) is 22.2. The summed E-state index contributed by atoms with van der Waals surface area (Å²) in [6.07, 6.45) is -4.03. The average molecular weight is 429 g/mol. The molecule has 4 rings (SSSR count). The molecule has 0 fully saturated rings. The van der Waals surface area contributed by atoms with E-state index in [1.54, 1.807) is 18.2 Å². The van der Waals surface area contributed by atoms with Gasteiger partial charge < -0.3 is 5.32 Å². The Morgan fingerprint density at radius 1 is 1.06 bits per heavy atom. The van der Waals surface area contributed by atoms with Gasteiger partial charge in [-0.05, 0) is 54.4 Å². The van der Waals surface area contributed by atoms with Crippen molar-refractivity contribution in [3.8, 4) is 11.3 Å². The summed E-state index contributed by atoms with van der Waals surface area (Å²) in [6.45, 7) is 1.95. The van der Waals surface area contributed by atoms with E-state index in [0.29, 0.717) is 10.2 Å². The van der Waals surface area contributed by atoms with E-state index in [9.17, 15) is 22.4 Å². The number of halogens is 4. The summed E-state index contributed by atoms with van der Waals surface area (Å²) in [5.74, 6) is -2.16. The van der Waals surface area contributed by atoms with E-state index in [-0.39, 0.29) is 11.3 Å². The van der Waals surface area contributed by atoms with Crippen LogP contribution in [0, 0.1) is 5.82 Å². The van der Waals surface area contributed by atoms with Crippen LogP contribution in [-0.4, -0.2) is 25.5 Å². The Bertz CT molecular complexity index is 1270. The topological polar surface area (TPSA) is 72.2 Å². The minimum Gasteiger partial charge on any atom is -0.319 e. The average Bonchev–Trinajstić information content (AvgIpc) is 3.17. The van der Waals surface area contributed by atoms with Crippen molar-refractivity contribution in [2.45, 2.75) is 19.5 Å². The zero-order valence-corrected chi connectivity index (χ0v) is 16.1. The molecule has 2 aromatic heterocycles. The fourth-order valence-electron chi connectivity index (χ4n) is 2.99. The Balaban J connectivity index is 1.76. The monoisotopic (exact) mass is 429 g/mol. The van der Waals surface area contributed by atoms with Crippen LogP contribution < -0.4 is 5.32 Å². The van der Waals surface area contributed by atoms with Gasteiger partial charge in [0.05, 0.1) is 5.69 Å². The highest BCUT2D eigenvalue weighted by Crippen LogP contribution is 2.32. The summed E-state index contributed by atoms with van der Waals surface area (Å²) in [5, 5.41) is 6.29. The summed E-state index contributed by atoms with van der Waals surface area (Å²) >= 11 is 0. The summed E-state index contributed by atoms with van der Waals surface area (Å²) in [5.41, 5.74) is 0.482. The van der Waals surface area contributed by atoms with Crippen molar-refractivity contribution in [1.82, 2.24) is 19.6 Å². The number of rotatable bonds is 4. The fourth-order valence-corrected chi connectivity index (χ4v) is 2.99. The number of carbonyl (C=O) groups is 1. The van der Waals surface area contributed by atoms with Crippen molar-refractivity contribution in [2.75, 3.05) is 5.32 Å². The normalized spacial score (nSPS) is 11.6. The van der Waals surface area contributed by atoms with Crippen LogP contribution in [0.2, 0.25) is 0 Å². The molecule has 0 saturated carbocycles. The van der Waals surface area contributed by atoms with Gasteiger partial charge in [-0.3, -0.25) is 4.79 Å². The lowest BCUT2D eigenvalue weighted by Crippen LogP contribution is -2.16. The summed E-state index contributed by atoms with van der Waals surface area (Å²) < 4.78 is 54.6. The Morgan fingerprint density at radius 2 is 1.81 bits per heavy atom. The highest BCUT2D eigenvalue weighted by Gasteiger charge is 2.36. The van der Waals surface area contributed by atoms with Crippen molar-refractivity contribution in [3.63, 3.8) is 0 Å². The molecule has 1 amide bonds. The SMILES string of the molecule is CCc1cccc(NC(=O)c2nc3nc(-c4ccc(F)cc4)cc(C(F)(F)F)n3n2)c1. The fraction of sp³-hybridized carbons (Fsp3) is 0.143. The quantitative estimate of drug-likeness (QED) is 0.475. The molecule has 0 saturated heterocycles. The molecule has 158 valence electrons. The third-order valence-corrected chi connectivity index (χ3v) is 4.54. The van der Waals surface area contributed by atoms with Crippen molar-refractivity contribution in [1.29, 1.82) is 0 Å². The lowest BCUT2D eigenvalue weighted by atomic mass is 10.1. The molecule has 0 radical (unpaired) electrons. The molecule has 31 heavy (non-hydrogen) atoms. The first-order chi connectivity index (χ1) is 14.7.